The molecule has 6 atom stereocenters. The van der Waals surface area contributed by atoms with Gasteiger partial charge in [0.1, 0.15) is 12.3 Å². The number of benzene rings is 1. The number of rotatable bonds is 3. The Kier molecular flexibility index (Phi) is 4.15. The molecule has 0 unspecified atom stereocenters. The number of aromatic hydroxyl groups is 1. The molecule has 3 aliphatic rings. The van der Waals surface area contributed by atoms with Gasteiger partial charge in [-0.1, -0.05) is 44.0 Å². The van der Waals surface area contributed by atoms with Gasteiger partial charge in [-0.2, -0.15) is 0 Å². The summed E-state index contributed by atoms with van der Waals surface area (Å²) < 4.78 is 0. The molecule has 0 aromatic heterocycles. The molecule has 3 amide bonds. The lowest BCUT2D eigenvalue weighted by Gasteiger charge is -2.28. The maximum Gasteiger partial charge on any atom is 0.244 e. The number of phenolic OH excluding ortho intramolecular Hbond substituents is 1. The van der Waals surface area contributed by atoms with Crippen molar-refractivity contribution in [3.8, 4) is 5.75 Å². The minimum atomic E-state index is -0.499. The van der Waals surface area contributed by atoms with Crippen molar-refractivity contribution in [3.63, 3.8) is 0 Å². The number of halogens is 2. The largest absolute Gasteiger partial charge is 0.506 e. The van der Waals surface area contributed by atoms with E-state index >= 15 is 0 Å². The van der Waals surface area contributed by atoms with Gasteiger partial charge in [0.2, 0.25) is 17.7 Å². The summed E-state index contributed by atoms with van der Waals surface area (Å²) in [6.07, 6.45) is 0.858. The van der Waals surface area contributed by atoms with Gasteiger partial charge in [-0.25, -0.2) is 0 Å². The number of carbonyl (C=O) groups excluding carboxylic acids is 3. The molecule has 2 aliphatic carbocycles. The average molecular weight is 472 g/mol. The molecule has 8 heteroatoms. The van der Waals surface area contributed by atoms with Crippen molar-refractivity contribution in [2.75, 3.05) is 11.9 Å². The summed E-state index contributed by atoms with van der Waals surface area (Å²) in [4.78, 5) is 39.1. The molecular formula is C17H16Br2N2O4. The van der Waals surface area contributed by atoms with Gasteiger partial charge in [0.15, 0.2) is 0 Å². The van der Waals surface area contributed by atoms with Crippen LogP contribution in [0.4, 0.5) is 5.69 Å². The Morgan fingerprint density at radius 1 is 1.12 bits per heavy atom. The molecule has 2 N–H and O–H groups in total. The van der Waals surface area contributed by atoms with Crippen LogP contribution in [-0.2, 0) is 14.4 Å². The van der Waals surface area contributed by atoms with Crippen molar-refractivity contribution in [3.05, 3.63) is 24.3 Å². The third kappa shape index (κ3) is 2.52. The van der Waals surface area contributed by atoms with E-state index in [1.54, 1.807) is 18.2 Å². The Bertz CT molecular complexity index is 739. The molecule has 6 nitrogen and oxygen atoms in total. The van der Waals surface area contributed by atoms with E-state index in [1.807, 2.05) is 0 Å². The molecule has 1 aromatic rings. The van der Waals surface area contributed by atoms with E-state index in [-0.39, 0.29) is 63.1 Å². The van der Waals surface area contributed by atoms with Gasteiger partial charge in [-0.15, -0.1) is 0 Å². The van der Waals surface area contributed by atoms with E-state index in [0.717, 1.165) is 11.3 Å². The fraction of sp³-hybridized carbons (Fsp3) is 0.471. The maximum atomic E-state index is 12.7. The first-order chi connectivity index (χ1) is 11.9. The zero-order valence-electron chi connectivity index (χ0n) is 13.1. The first kappa shape index (κ1) is 17.0. The van der Waals surface area contributed by atoms with E-state index in [1.165, 1.54) is 6.07 Å². The highest BCUT2D eigenvalue weighted by molar-refractivity contribution is 9.12. The predicted molar refractivity (Wildman–Crippen MR) is 97.5 cm³/mol. The number of alkyl halides is 2. The zero-order valence-corrected chi connectivity index (χ0v) is 16.2. The van der Waals surface area contributed by atoms with Gasteiger partial charge in [-0.05, 0) is 30.4 Å². The van der Waals surface area contributed by atoms with Crippen molar-refractivity contribution in [2.24, 2.45) is 23.7 Å². The van der Waals surface area contributed by atoms with Crippen LogP contribution < -0.4 is 5.32 Å². The lowest BCUT2D eigenvalue weighted by Crippen LogP contribution is -2.39. The molecule has 3 fully saturated rings. The number of amides is 3. The summed E-state index contributed by atoms with van der Waals surface area (Å²) in [7, 11) is 0. The first-order valence-corrected chi connectivity index (χ1v) is 9.94. The van der Waals surface area contributed by atoms with Crippen molar-refractivity contribution >= 4 is 55.3 Å². The van der Waals surface area contributed by atoms with Crippen molar-refractivity contribution < 1.29 is 19.5 Å². The topological polar surface area (TPSA) is 86.7 Å². The lowest BCUT2D eigenvalue weighted by atomic mass is 9.81. The molecule has 0 spiro atoms. The van der Waals surface area contributed by atoms with Gasteiger partial charge < -0.3 is 10.4 Å². The molecule has 25 heavy (non-hydrogen) atoms. The van der Waals surface area contributed by atoms with Crippen LogP contribution in [0.5, 0.6) is 5.75 Å². The van der Waals surface area contributed by atoms with Gasteiger partial charge in [0, 0.05) is 9.65 Å². The quantitative estimate of drug-likeness (QED) is 0.401. The van der Waals surface area contributed by atoms with Crippen molar-refractivity contribution in [1.82, 2.24) is 4.90 Å². The molecule has 1 saturated heterocycles. The Hall–Kier alpha value is -1.41. The summed E-state index contributed by atoms with van der Waals surface area (Å²) in [6.45, 7) is -0.321. The number of likely N-dealkylation sites (tertiary alicyclic amines) is 1. The number of phenols is 1. The summed E-state index contributed by atoms with van der Waals surface area (Å²) in [5.74, 6) is -1.46. The van der Waals surface area contributed by atoms with Gasteiger partial charge in [0.25, 0.3) is 0 Å². The van der Waals surface area contributed by atoms with Gasteiger partial charge in [-0.3, -0.25) is 19.3 Å². The number of fused-ring (bicyclic) bond motifs is 5. The number of nitrogens with one attached hydrogen (secondary N) is 1. The SMILES string of the molecule is O=C(CN1C(=O)[C@@H]2[C@H]3C[C@@H]([C@@H](Br)[C@H]3Br)[C@H]2C1=O)Nc1ccccc1O. The van der Waals surface area contributed by atoms with Crippen LogP contribution in [0.25, 0.3) is 0 Å². The number of hydrogen-bond acceptors (Lipinski definition) is 4. The van der Waals surface area contributed by atoms with E-state index in [2.05, 4.69) is 37.2 Å². The smallest absolute Gasteiger partial charge is 0.244 e. The third-order valence-electron chi connectivity index (χ3n) is 5.56. The highest BCUT2D eigenvalue weighted by atomic mass is 79.9. The summed E-state index contributed by atoms with van der Waals surface area (Å²) >= 11 is 7.26. The summed E-state index contributed by atoms with van der Waals surface area (Å²) in [5.41, 5.74) is 0.257. The fourth-order valence-corrected chi connectivity index (χ4v) is 6.35. The van der Waals surface area contributed by atoms with Crippen LogP contribution in [-0.4, -0.2) is 43.9 Å². The van der Waals surface area contributed by atoms with E-state index in [0.29, 0.717) is 0 Å². The number of nitrogens with zero attached hydrogens (tertiary/aromatic N) is 1. The Balaban J connectivity index is 1.49. The van der Waals surface area contributed by atoms with Crippen LogP contribution in [0.2, 0.25) is 0 Å². The predicted octanol–water partition coefficient (Wildman–Crippen LogP) is 2.11. The van der Waals surface area contributed by atoms with Crippen LogP contribution in [0.3, 0.4) is 0 Å². The normalized spacial score (nSPS) is 36.0. The standard InChI is InChI=1S/C17H16Br2N2O4/c18-14-7-5-8(15(14)19)13-12(7)16(24)21(17(13)25)6-11(23)20-9-3-1-2-4-10(9)22/h1-4,7-8,12-15,22H,5-6H2,(H,20,23)/t7-,8-,12-,13-,14-,15+/m1/s1. The fourth-order valence-electron chi connectivity index (χ4n) is 4.48. The minimum absolute atomic E-state index is 0.0610. The molecule has 1 aromatic carbocycles. The second-order valence-electron chi connectivity index (χ2n) is 6.83. The number of carbonyl (C=O) groups is 3. The molecule has 4 rings (SSSR count). The Morgan fingerprint density at radius 3 is 2.24 bits per heavy atom. The molecule has 2 saturated carbocycles. The maximum absolute atomic E-state index is 12.7. The van der Waals surface area contributed by atoms with E-state index in [4.69, 9.17) is 0 Å². The highest BCUT2D eigenvalue weighted by Crippen LogP contribution is 2.60. The number of para-hydroxylation sites is 2. The third-order valence-corrected chi connectivity index (χ3v) is 8.76. The van der Waals surface area contributed by atoms with Crippen LogP contribution in [0.15, 0.2) is 24.3 Å². The van der Waals surface area contributed by atoms with Crippen molar-refractivity contribution in [2.45, 2.75) is 16.1 Å². The number of hydrogen-bond donors (Lipinski definition) is 2. The van der Waals surface area contributed by atoms with Crippen LogP contribution in [0.1, 0.15) is 6.42 Å². The number of imide groups is 1. The second kappa shape index (κ2) is 6.09. The van der Waals surface area contributed by atoms with Crippen molar-refractivity contribution in [1.29, 1.82) is 0 Å². The monoisotopic (exact) mass is 470 g/mol. The van der Waals surface area contributed by atoms with E-state index < -0.39 is 5.91 Å². The zero-order chi connectivity index (χ0) is 17.9. The summed E-state index contributed by atoms with van der Waals surface area (Å²) in [5, 5.41) is 12.3. The molecule has 132 valence electrons. The van der Waals surface area contributed by atoms with Crippen LogP contribution >= 0.6 is 31.9 Å². The van der Waals surface area contributed by atoms with Gasteiger partial charge in [0.05, 0.1) is 17.5 Å². The Morgan fingerprint density at radius 2 is 1.68 bits per heavy atom. The van der Waals surface area contributed by atoms with Gasteiger partial charge >= 0.3 is 0 Å². The Labute approximate surface area is 161 Å². The first-order valence-electron chi connectivity index (χ1n) is 8.11. The molecule has 2 bridgehead atoms. The second-order valence-corrected chi connectivity index (χ2v) is 8.95. The van der Waals surface area contributed by atoms with Crippen LogP contribution in [0, 0.1) is 23.7 Å². The molecule has 1 heterocycles. The lowest BCUT2D eigenvalue weighted by molar-refractivity contribution is -0.143. The average Bonchev–Trinajstić information content (AvgIpc) is 3.17. The number of anilines is 1. The van der Waals surface area contributed by atoms with E-state index in [9.17, 15) is 19.5 Å². The highest BCUT2D eigenvalue weighted by Gasteiger charge is 2.66. The minimum Gasteiger partial charge on any atom is -0.506 e. The molecular weight excluding hydrogens is 456 g/mol. The molecule has 0 radical (unpaired) electrons. The molecule has 1 aliphatic heterocycles. The summed E-state index contributed by atoms with van der Waals surface area (Å²) in [6, 6.07) is 6.33.